The molecule has 22 nitrogen and oxygen atoms in total. The minimum atomic E-state index is -1.60. The Morgan fingerprint density at radius 3 is 2.02 bits per heavy atom. The Bertz CT molecular complexity index is 1610. The van der Waals surface area contributed by atoms with Crippen LogP contribution in [0.3, 0.4) is 0 Å². The maximum absolute atomic E-state index is 13.9. The number of carboxylic acid groups (broad SMARTS) is 1. The molecule has 340 valence electrons. The number of amides is 7. The van der Waals surface area contributed by atoms with Gasteiger partial charge in [-0.15, -0.1) is 0 Å². The third-order valence-corrected chi connectivity index (χ3v) is 9.06. The first-order chi connectivity index (χ1) is 29.1. The lowest BCUT2D eigenvalue weighted by molar-refractivity contribution is -0.141. The van der Waals surface area contributed by atoms with E-state index in [9.17, 15) is 43.5 Å². The number of nitrogens with zero attached hydrogens (tertiary/aromatic N) is 1. The molecular formula is C39H63N11O11. The first-order valence-electron chi connectivity index (χ1n) is 20.4. The van der Waals surface area contributed by atoms with E-state index in [0.29, 0.717) is 44.4 Å². The van der Waals surface area contributed by atoms with Crippen molar-refractivity contribution < 1.29 is 52.9 Å². The Balaban J connectivity index is 2.06. The molecule has 1 unspecified atom stereocenters. The summed E-state index contributed by atoms with van der Waals surface area (Å²) in [6.45, 7) is 2.93. The predicted octanol–water partition coefficient (Wildman–Crippen LogP) is -3.22. The molecule has 1 aromatic carbocycles. The van der Waals surface area contributed by atoms with Crippen LogP contribution < -0.4 is 54.4 Å². The summed E-state index contributed by atoms with van der Waals surface area (Å²) in [6, 6.07) is 3.25. The number of benzene rings is 1. The summed E-state index contributed by atoms with van der Waals surface area (Å²) in [5.41, 5.74) is 17.1. The zero-order chi connectivity index (χ0) is 45.0. The second-order valence-corrected chi connectivity index (χ2v) is 14.4. The van der Waals surface area contributed by atoms with Gasteiger partial charge in [-0.05, 0) is 51.0 Å². The number of carboxylic acids is 1. The normalized spacial score (nSPS) is 19.3. The van der Waals surface area contributed by atoms with Crippen molar-refractivity contribution in [2.75, 3.05) is 52.6 Å². The van der Waals surface area contributed by atoms with Crippen LogP contribution in [0.25, 0.3) is 0 Å². The number of aliphatic carboxylic acids is 1. The highest BCUT2D eigenvalue weighted by molar-refractivity contribution is 5.98. The minimum Gasteiger partial charge on any atom is -0.481 e. The van der Waals surface area contributed by atoms with Crippen LogP contribution >= 0.6 is 0 Å². The number of carbonyl (C=O) groups excluding carboxylic acids is 7. The molecule has 0 aliphatic carbocycles. The van der Waals surface area contributed by atoms with Crippen molar-refractivity contribution >= 4 is 53.3 Å². The van der Waals surface area contributed by atoms with E-state index in [1.165, 1.54) is 0 Å². The molecule has 1 heterocycles. The highest BCUT2D eigenvalue weighted by atomic mass is 16.5. The van der Waals surface area contributed by atoms with Crippen LogP contribution in [-0.2, 0) is 54.3 Å². The number of hydrogen-bond donors (Lipinski definition) is 11. The van der Waals surface area contributed by atoms with Crippen LogP contribution in [0, 0.1) is 0 Å². The van der Waals surface area contributed by atoms with E-state index in [1.54, 1.807) is 30.3 Å². The Kier molecular flexibility index (Phi) is 24.7. The quantitative estimate of drug-likeness (QED) is 0.0262. The average molecular weight is 862 g/mol. The van der Waals surface area contributed by atoms with Crippen LogP contribution in [0.15, 0.2) is 35.3 Å². The number of rotatable bonds is 25. The molecule has 0 saturated carbocycles. The third kappa shape index (κ3) is 23.5. The summed E-state index contributed by atoms with van der Waals surface area (Å²) in [5, 5.41) is 27.6. The minimum absolute atomic E-state index is 0.0345. The molecule has 1 aliphatic rings. The van der Waals surface area contributed by atoms with Crippen molar-refractivity contribution in [3.8, 4) is 0 Å². The largest absolute Gasteiger partial charge is 0.481 e. The third-order valence-electron chi connectivity index (χ3n) is 9.06. The Morgan fingerprint density at radius 1 is 0.754 bits per heavy atom. The lowest BCUT2D eigenvalue weighted by Gasteiger charge is -2.26. The van der Waals surface area contributed by atoms with Gasteiger partial charge in [0.25, 0.3) is 0 Å². The SMILES string of the molecule is CC(N)CCC(=O)NCCOCCOCCC(=O)NCCCC[C@@H]1NC(=O)[C@@H](Cc2ccccc2)NC(=O)[C@H](CC(=O)O)NC(=O)CNC(=O)[C@H](CCCN=C(N)N)NC1=O. The Labute approximate surface area is 355 Å². The first-order valence-corrected chi connectivity index (χ1v) is 20.4. The summed E-state index contributed by atoms with van der Waals surface area (Å²) in [4.78, 5) is 107. The molecule has 0 spiro atoms. The molecule has 5 atom stereocenters. The molecule has 0 bridgehead atoms. The van der Waals surface area contributed by atoms with Crippen LogP contribution in [0.5, 0.6) is 0 Å². The van der Waals surface area contributed by atoms with Crippen molar-refractivity contribution in [3.63, 3.8) is 0 Å². The van der Waals surface area contributed by atoms with Gasteiger partial charge < -0.3 is 69.0 Å². The van der Waals surface area contributed by atoms with Gasteiger partial charge in [0.15, 0.2) is 5.96 Å². The summed E-state index contributed by atoms with van der Waals surface area (Å²) < 4.78 is 10.9. The zero-order valence-electron chi connectivity index (χ0n) is 34.7. The van der Waals surface area contributed by atoms with Gasteiger partial charge in [-0.1, -0.05) is 30.3 Å². The van der Waals surface area contributed by atoms with Gasteiger partial charge in [0.05, 0.1) is 39.4 Å². The molecule has 0 aromatic heterocycles. The van der Waals surface area contributed by atoms with E-state index in [0.717, 1.165) is 0 Å². The maximum Gasteiger partial charge on any atom is 0.305 e. The molecule has 2 rings (SSSR count). The molecule has 1 saturated heterocycles. The fraction of sp³-hybridized carbons (Fsp3) is 0.615. The predicted molar refractivity (Wildman–Crippen MR) is 222 cm³/mol. The van der Waals surface area contributed by atoms with E-state index >= 15 is 0 Å². The van der Waals surface area contributed by atoms with E-state index in [2.05, 4.69) is 42.2 Å². The van der Waals surface area contributed by atoms with Gasteiger partial charge in [-0.2, -0.15) is 0 Å². The summed E-state index contributed by atoms with van der Waals surface area (Å²) in [6.07, 6.45) is 1.24. The van der Waals surface area contributed by atoms with Gasteiger partial charge in [0, 0.05) is 44.9 Å². The first kappa shape index (κ1) is 51.3. The van der Waals surface area contributed by atoms with E-state index in [4.69, 9.17) is 26.7 Å². The highest BCUT2D eigenvalue weighted by Crippen LogP contribution is 2.09. The van der Waals surface area contributed by atoms with Crippen LogP contribution in [-0.4, -0.2) is 141 Å². The average Bonchev–Trinajstić information content (AvgIpc) is 3.21. The Hall–Kier alpha value is -5.87. The second-order valence-electron chi connectivity index (χ2n) is 14.4. The fourth-order valence-electron chi connectivity index (χ4n) is 5.82. The number of ether oxygens (including phenoxy) is 2. The lowest BCUT2D eigenvalue weighted by atomic mass is 10.0. The smallest absolute Gasteiger partial charge is 0.305 e. The van der Waals surface area contributed by atoms with E-state index < -0.39 is 72.6 Å². The van der Waals surface area contributed by atoms with Crippen LogP contribution in [0.1, 0.15) is 70.3 Å². The van der Waals surface area contributed by atoms with Crippen molar-refractivity contribution in [3.05, 3.63) is 35.9 Å². The number of guanidine groups is 1. The number of aliphatic imine (C=N–C) groups is 1. The zero-order valence-corrected chi connectivity index (χ0v) is 34.7. The van der Waals surface area contributed by atoms with Crippen LogP contribution in [0.4, 0.5) is 0 Å². The molecule has 7 amide bonds. The van der Waals surface area contributed by atoms with E-state index in [1.807, 2.05) is 6.92 Å². The number of nitrogens with two attached hydrogens (primary N) is 3. The topological polar surface area (TPSA) is 350 Å². The summed E-state index contributed by atoms with van der Waals surface area (Å²) in [7, 11) is 0. The van der Waals surface area contributed by atoms with Crippen LogP contribution in [0.2, 0.25) is 0 Å². The lowest BCUT2D eigenvalue weighted by Crippen LogP contribution is -2.58. The maximum atomic E-state index is 13.9. The standard InChI is InChI=1S/C39H63N11O11/c1-25(40)12-13-31(51)44-17-19-61-21-20-60-18-14-32(52)43-15-6-5-10-28-36(57)48-27(11-7-16-45-39(41)42)35(56)46-24-33(53)47-30(23-34(54)55)38(59)50-29(37(58)49-28)22-26-8-3-2-4-9-26/h2-4,8-9,25,27-30H,5-7,10-24,40H2,1H3,(H,43,52)(H,44,51)(H,46,56)(H,47,53)(H,48,57)(H,49,58)(H,50,59)(H,54,55)(H4,41,42,45)/t25?,27-,28-,29+,30-/m0/s1. The summed E-state index contributed by atoms with van der Waals surface area (Å²) >= 11 is 0. The molecular weight excluding hydrogens is 798 g/mol. The number of unbranched alkanes of at least 4 members (excludes halogenated alkanes) is 1. The molecule has 0 radical (unpaired) electrons. The molecule has 1 aromatic rings. The second kappa shape index (κ2) is 29.4. The van der Waals surface area contributed by atoms with Crippen molar-refractivity contribution in [2.45, 2.75) is 101 Å². The summed E-state index contributed by atoms with van der Waals surface area (Å²) in [5.74, 6) is -6.05. The van der Waals surface area contributed by atoms with Gasteiger partial charge in [-0.25, -0.2) is 0 Å². The Morgan fingerprint density at radius 2 is 1.34 bits per heavy atom. The number of nitrogens with one attached hydrogen (secondary N) is 7. The van der Waals surface area contributed by atoms with Gasteiger partial charge in [-0.3, -0.25) is 43.3 Å². The molecule has 61 heavy (non-hydrogen) atoms. The fourth-order valence-corrected chi connectivity index (χ4v) is 5.82. The van der Waals surface area contributed by atoms with Gasteiger partial charge >= 0.3 is 5.97 Å². The van der Waals surface area contributed by atoms with Crippen molar-refractivity contribution in [1.82, 2.24) is 37.2 Å². The molecule has 14 N–H and O–H groups in total. The highest BCUT2D eigenvalue weighted by Gasteiger charge is 2.33. The molecule has 22 heteroatoms. The number of hydrogen-bond acceptors (Lipinski definition) is 12. The van der Waals surface area contributed by atoms with E-state index in [-0.39, 0.29) is 88.8 Å². The van der Waals surface area contributed by atoms with Gasteiger partial charge in [0.1, 0.15) is 24.2 Å². The van der Waals surface area contributed by atoms with Crippen molar-refractivity contribution in [1.29, 1.82) is 0 Å². The monoisotopic (exact) mass is 861 g/mol. The molecule has 1 fully saturated rings. The number of carbonyl (C=O) groups is 8. The molecule has 1 aliphatic heterocycles. The van der Waals surface area contributed by atoms with Crippen molar-refractivity contribution in [2.24, 2.45) is 22.2 Å². The van der Waals surface area contributed by atoms with Gasteiger partial charge in [0.2, 0.25) is 41.4 Å².